The summed E-state index contributed by atoms with van der Waals surface area (Å²) in [5, 5.41) is 3.35. The number of anilines is 2. The smallest absolute Gasteiger partial charge is 0.247 e. The molecule has 0 aliphatic carbocycles. The topological polar surface area (TPSA) is 75.7 Å². The number of aryl methyl sites for hydroxylation is 1. The van der Waals surface area contributed by atoms with E-state index in [0.717, 1.165) is 16.1 Å². The lowest BCUT2D eigenvalue weighted by molar-refractivity contribution is -0.116. The monoisotopic (exact) mass is 430 g/mol. The van der Waals surface area contributed by atoms with Crippen molar-refractivity contribution in [2.75, 3.05) is 23.0 Å². The van der Waals surface area contributed by atoms with Crippen LogP contribution in [0.25, 0.3) is 0 Å². The fourth-order valence-electron chi connectivity index (χ4n) is 2.63. The van der Waals surface area contributed by atoms with Gasteiger partial charge >= 0.3 is 0 Å². The van der Waals surface area contributed by atoms with Crippen molar-refractivity contribution in [1.29, 1.82) is 0 Å². The van der Waals surface area contributed by atoms with Crippen molar-refractivity contribution in [3.8, 4) is 5.75 Å². The highest BCUT2D eigenvalue weighted by molar-refractivity contribution is 7.92. The van der Waals surface area contributed by atoms with Crippen LogP contribution in [-0.2, 0) is 14.8 Å². The van der Waals surface area contributed by atoms with Crippen LogP contribution in [0.1, 0.15) is 12.5 Å². The fourth-order valence-corrected chi connectivity index (χ4v) is 4.32. The number of hydrogen-bond donors (Lipinski definition) is 1. The molecule has 0 saturated heterocycles. The van der Waals surface area contributed by atoms with Crippen LogP contribution in [0.3, 0.4) is 0 Å². The van der Waals surface area contributed by atoms with Crippen LogP contribution in [0.15, 0.2) is 36.4 Å². The first-order chi connectivity index (χ1) is 12.5. The second kappa shape index (κ2) is 8.37. The van der Waals surface area contributed by atoms with Crippen LogP contribution >= 0.6 is 23.2 Å². The lowest BCUT2D eigenvalue weighted by Gasteiger charge is -2.29. The zero-order chi connectivity index (χ0) is 20.4. The molecular weight excluding hydrogens is 411 g/mol. The first kappa shape index (κ1) is 21.3. The molecule has 27 heavy (non-hydrogen) atoms. The molecule has 2 rings (SSSR count). The summed E-state index contributed by atoms with van der Waals surface area (Å²) in [6.45, 7) is 3.31. The number of carbonyl (C=O) groups excluding carboxylic acids is 1. The average Bonchev–Trinajstić information content (AvgIpc) is 2.52. The van der Waals surface area contributed by atoms with Gasteiger partial charge < -0.3 is 10.1 Å². The van der Waals surface area contributed by atoms with E-state index in [4.69, 9.17) is 27.9 Å². The maximum atomic E-state index is 12.7. The summed E-state index contributed by atoms with van der Waals surface area (Å²) in [5.41, 5.74) is 1.48. The molecule has 0 spiro atoms. The van der Waals surface area contributed by atoms with E-state index < -0.39 is 22.0 Å². The van der Waals surface area contributed by atoms with Gasteiger partial charge in [-0.1, -0.05) is 29.3 Å². The Morgan fingerprint density at radius 2 is 1.74 bits per heavy atom. The largest absolute Gasteiger partial charge is 0.495 e. The summed E-state index contributed by atoms with van der Waals surface area (Å²) < 4.78 is 31.2. The zero-order valence-electron chi connectivity index (χ0n) is 15.3. The molecule has 0 aliphatic rings. The number of methoxy groups -OCH3 is 1. The highest BCUT2D eigenvalue weighted by Gasteiger charge is 2.31. The van der Waals surface area contributed by atoms with Gasteiger partial charge in [0.1, 0.15) is 11.8 Å². The minimum absolute atomic E-state index is 0.284. The van der Waals surface area contributed by atoms with Crippen molar-refractivity contribution in [2.24, 2.45) is 0 Å². The highest BCUT2D eigenvalue weighted by atomic mass is 35.5. The highest BCUT2D eigenvalue weighted by Crippen LogP contribution is 2.33. The fraction of sp³-hybridized carbons (Fsp3) is 0.278. The van der Waals surface area contributed by atoms with E-state index in [2.05, 4.69) is 5.32 Å². The molecule has 0 saturated carbocycles. The van der Waals surface area contributed by atoms with Crippen LogP contribution in [0.2, 0.25) is 10.0 Å². The predicted molar refractivity (Wildman–Crippen MR) is 110 cm³/mol. The van der Waals surface area contributed by atoms with Gasteiger partial charge in [-0.25, -0.2) is 8.42 Å². The summed E-state index contributed by atoms with van der Waals surface area (Å²) >= 11 is 11.9. The minimum atomic E-state index is -3.78. The molecule has 0 fully saturated rings. The molecule has 0 heterocycles. The number of nitrogens with zero attached hydrogens (tertiary/aromatic N) is 1. The number of amides is 1. The molecule has 1 amide bonds. The molecule has 0 unspecified atom stereocenters. The molecular formula is C18H20Cl2N2O4S. The minimum Gasteiger partial charge on any atom is -0.495 e. The quantitative estimate of drug-likeness (QED) is 0.747. The standard InChI is InChI=1S/C18H20Cl2N2O4S/c1-11-5-6-17(26-3)16(7-11)22(27(4,24)25)12(2)18(23)21-15-9-13(19)8-14(20)10-15/h5-10,12H,1-4H3,(H,21,23)/t12-/m0/s1. The van der Waals surface area contributed by atoms with Crippen molar-refractivity contribution >= 4 is 50.5 Å². The third-order valence-corrected chi connectivity index (χ3v) is 5.45. The van der Waals surface area contributed by atoms with Gasteiger partial charge in [0, 0.05) is 15.7 Å². The van der Waals surface area contributed by atoms with Gasteiger partial charge in [-0.3, -0.25) is 9.10 Å². The van der Waals surface area contributed by atoms with Crippen LogP contribution < -0.4 is 14.4 Å². The normalized spacial score (nSPS) is 12.4. The Morgan fingerprint density at radius 3 is 2.26 bits per heavy atom. The van der Waals surface area contributed by atoms with Crippen molar-refractivity contribution in [1.82, 2.24) is 0 Å². The summed E-state index contributed by atoms with van der Waals surface area (Å²) in [6, 6.07) is 8.63. The summed E-state index contributed by atoms with van der Waals surface area (Å²) in [7, 11) is -2.34. The molecule has 146 valence electrons. The maximum Gasteiger partial charge on any atom is 0.247 e. The maximum absolute atomic E-state index is 12.7. The summed E-state index contributed by atoms with van der Waals surface area (Å²) in [4.78, 5) is 12.7. The van der Waals surface area contributed by atoms with Gasteiger partial charge in [0.25, 0.3) is 0 Å². The molecule has 0 bridgehead atoms. The van der Waals surface area contributed by atoms with Crippen molar-refractivity contribution < 1.29 is 17.9 Å². The zero-order valence-corrected chi connectivity index (χ0v) is 17.6. The van der Waals surface area contributed by atoms with E-state index in [9.17, 15) is 13.2 Å². The van der Waals surface area contributed by atoms with Crippen molar-refractivity contribution in [3.63, 3.8) is 0 Å². The van der Waals surface area contributed by atoms with Gasteiger partial charge in [0.15, 0.2) is 0 Å². The first-order valence-corrected chi connectivity index (χ1v) is 10.5. The third kappa shape index (κ3) is 5.28. The molecule has 2 aromatic rings. The molecule has 0 aromatic heterocycles. The van der Waals surface area contributed by atoms with Crippen LogP contribution in [-0.4, -0.2) is 33.7 Å². The Bertz CT molecular complexity index is 944. The van der Waals surface area contributed by atoms with E-state index in [1.54, 1.807) is 18.2 Å². The van der Waals surface area contributed by atoms with E-state index in [1.807, 2.05) is 6.92 Å². The number of benzene rings is 2. The van der Waals surface area contributed by atoms with Crippen LogP contribution in [0.4, 0.5) is 11.4 Å². The SMILES string of the molecule is COc1ccc(C)cc1N([C@@H](C)C(=O)Nc1cc(Cl)cc(Cl)c1)S(C)(=O)=O. The van der Waals surface area contributed by atoms with Gasteiger partial charge in [-0.05, 0) is 49.7 Å². The number of hydrogen-bond acceptors (Lipinski definition) is 4. The first-order valence-electron chi connectivity index (χ1n) is 7.94. The summed E-state index contributed by atoms with van der Waals surface area (Å²) in [6.07, 6.45) is 1.04. The number of ether oxygens (including phenoxy) is 1. The van der Waals surface area contributed by atoms with E-state index >= 15 is 0 Å². The van der Waals surface area contributed by atoms with E-state index in [0.29, 0.717) is 21.5 Å². The Hall–Kier alpha value is -1.96. The molecule has 2 aromatic carbocycles. The Kier molecular flexibility index (Phi) is 6.62. The van der Waals surface area contributed by atoms with Crippen molar-refractivity contribution in [2.45, 2.75) is 19.9 Å². The van der Waals surface area contributed by atoms with Crippen LogP contribution in [0, 0.1) is 6.92 Å². The summed E-state index contributed by atoms with van der Waals surface area (Å²) in [5.74, 6) is -0.196. The number of nitrogens with one attached hydrogen (secondary N) is 1. The lowest BCUT2D eigenvalue weighted by Crippen LogP contribution is -2.45. The second-order valence-electron chi connectivity index (χ2n) is 6.06. The van der Waals surface area contributed by atoms with Gasteiger partial charge in [-0.2, -0.15) is 0 Å². The third-order valence-electron chi connectivity index (χ3n) is 3.79. The number of sulfonamides is 1. The Morgan fingerprint density at radius 1 is 1.15 bits per heavy atom. The Labute approximate surface area is 169 Å². The second-order valence-corrected chi connectivity index (χ2v) is 8.79. The lowest BCUT2D eigenvalue weighted by atomic mass is 10.2. The molecule has 6 nitrogen and oxygen atoms in total. The average molecular weight is 431 g/mol. The molecule has 0 radical (unpaired) electrons. The molecule has 1 N–H and O–H groups in total. The molecule has 9 heteroatoms. The number of carbonyl (C=O) groups is 1. The van der Waals surface area contributed by atoms with Gasteiger partial charge in [0.05, 0.1) is 19.1 Å². The van der Waals surface area contributed by atoms with E-state index in [1.165, 1.54) is 32.2 Å². The predicted octanol–water partition coefficient (Wildman–Crippen LogP) is 4.10. The number of rotatable bonds is 6. The van der Waals surface area contributed by atoms with E-state index in [-0.39, 0.29) is 5.69 Å². The van der Waals surface area contributed by atoms with Crippen molar-refractivity contribution in [3.05, 3.63) is 52.0 Å². The van der Waals surface area contributed by atoms with Gasteiger partial charge in [-0.15, -0.1) is 0 Å². The van der Waals surface area contributed by atoms with Gasteiger partial charge in [0.2, 0.25) is 15.9 Å². The Balaban J connectivity index is 2.42. The van der Waals surface area contributed by atoms with Crippen LogP contribution in [0.5, 0.6) is 5.75 Å². The molecule has 1 atom stereocenters. The molecule has 0 aliphatic heterocycles. The number of halogens is 2.